The summed E-state index contributed by atoms with van der Waals surface area (Å²) in [4.78, 5) is 29.8. The second-order valence-corrected chi connectivity index (χ2v) is 6.90. The minimum Gasteiger partial charge on any atom is -0.375 e. The molecule has 2 aromatic carbocycles. The van der Waals surface area contributed by atoms with Crippen molar-refractivity contribution in [3.8, 4) is 0 Å². The number of aromatic nitrogens is 1. The lowest BCUT2D eigenvalue weighted by molar-refractivity contribution is -0.122. The number of hydrogen-bond donors (Lipinski definition) is 1. The Hall–Kier alpha value is -2.92. The number of pyridine rings is 1. The van der Waals surface area contributed by atoms with Crippen LogP contribution in [-0.4, -0.2) is 24.6 Å². The van der Waals surface area contributed by atoms with Gasteiger partial charge in [-0.2, -0.15) is 0 Å². The number of H-pyrrole nitrogens is 1. The van der Waals surface area contributed by atoms with Gasteiger partial charge in [-0.3, -0.25) is 9.59 Å². The Labute approximate surface area is 158 Å². The number of aryl methyl sites for hydroxylation is 3. The maximum atomic E-state index is 12.7. The average Bonchev–Trinajstić information content (AvgIpc) is 2.62. The fraction of sp³-hybridized carbons (Fsp3) is 0.273. The molecule has 140 valence electrons. The zero-order valence-electron chi connectivity index (χ0n) is 16.1. The van der Waals surface area contributed by atoms with E-state index in [9.17, 15) is 9.59 Å². The summed E-state index contributed by atoms with van der Waals surface area (Å²) in [5.41, 5.74) is 5.22. The van der Waals surface area contributed by atoms with Gasteiger partial charge in [-0.15, -0.1) is 0 Å². The van der Waals surface area contributed by atoms with Crippen LogP contribution in [0, 0.1) is 20.8 Å². The van der Waals surface area contributed by atoms with E-state index in [0.29, 0.717) is 5.56 Å². The first-order valence-corrected chi connectivity index (χ1v) is 8.88. The number of aromatic amines is 1. The highest BCUT2D eigenvalue weighted by atomic mass is 16.5. The Morgan fingerprint density at radius 3 is 2.52 bits per heavy atom. The van der Waals surface area contributed by atoms with Crippen LogP contribution in [0.5, 0.6) is 0 Å². The van der Waals surface area contributed by atoms with Gasteiger partial charge < -0.3 is 14.6 Å². The van der Waals surface area contributed by atoms with Crippen molar-refractivity contribution >= 4 is 22.5 Å². The second kappa shape index (κ2) is 7.76. The van der Waals surface area contributed by atoms with Gasteiger partial charge in [0.1, 0.15) is 6.61 Å². The van der Waals surface area contributed by atoms with E-state index in [1.807, 2.05) is 63.2 Å². The lowest BCUT2D eigenvalue weighted by Gasteiger charge is -2.23. The number of benzene rings is 2. The van der Waals surface area contributed by atoms with Crippen LogP contribution in [0.2, 0.25) is 0 Å². The highest BCUT2D eigenvalue weighted by Gasteiger charge is 2.18. The number of hydrogen-bond acceptors (Lipinski definition) is 3. The summed E-state index contributed by atoms with van der Waals surface area (Å²) in [6.45, 7) is 6.15. The van der Waals surface area contributed by atoms with Gasteiger partial charge in [0.05, 0.1) is 6.54 Å². The zero-order chi connectivity index (χ0) is 19.6. The molecule has 5 heteroatoms. The van der Waals surface area contributed by atoms with E-state index < -0.39 is 0 Å². The summed E-state index contributed by atoms with van der Waals surface area (Å²) in [6, 6.07) is 13.6. The third-order valence-corrected chi connectivity index (χ3v) is 4.78. The number of carbonyl (C=O) groups excluding carboxylic acids is 1. The van der Waals surface area contributed by atoms with Crippen LogP contribution in [0.4, 0.5) is 5.69 Å². The molecule has 0 bridgehead atoms. The number of rotatable bonds is 5. The van der Waals surface area contributed by atoms with Gasteiger partial charge in [0.15, 0.2) is 0 Å². The van der Waals surface area contributed by atoms with E-state index in [0.717, 1.165) is 33.3 Å². The summed E-state index contributed by atoms with van der Waals surface area (Å²) < 4.78 is 5.03. The van der Waals surface area contributed by atoms with Crippen LogP contribution >= 0.6 is 0 Å². The fourth-order valence-electron chi connectivity index (χ4n) is 3.07. The second-order valence-electron chi connectivity index (χ2n) is 6.90. The van der Waals surface area contributed by atoms with E-state index >= 15 is 0 Å². The maximum absolute atomic E-state index is 12.7. The Kier molecular flexibility index (Phi) is 5.42. The van der Waals surface area contributed by atoms with E-state index in [4.69, 9.17) is 4.74 Å². The molecule has 0 saturated heterocycles. The van der Waals surface area contributed by atoms with E-state index in [2.05, 4.69) is 4.98 Å². The predicted octanol–water partition coefficient (Wildman–Crippen LogP) is 3.63. The predicted molar refractivity (Wildman–Crippen MR) is 108 cm³/mol. The summed E-state index contributed by atoms with van der Waals surface area (Å²) in [6.07, 6.45) is 0. The van der Waals surface area contributed by atoms with Crippen molar-refractivity contribution in [2.45, 2.75) is 27.3 Å². The van der Waals surface area contributed by atoms with Crippen molar-refractivity contribution in [3.63, 3.8) is 0 Å². The first-order valence-electron chi connectivity index (χ1n) is 8.88. The molecule has 1 amide bonds. The topological polar surface area (TPSA) is 62.4 Å². The normalized spacial score (nSPS) is 11.0. The first-order chi connectivity index (χ1) is 12.9. The Morgan fingerprint density at radius 2 is 1.81 bits per heavy atom. The van der Waals surface area contributed by atoms with Crippen LogP contribution in [0.25, 0.3) is 10.9 Å². The number of ether oxygens (including phenoxy) is 1. The molecule has 1 N–H and O–H groups in total. The van der Waals surface area contributed by atoms with Crippen molar-refractivity contribution < 1.29 is 9.53 Å². The molecule has 3 rings (SSSR count). The summed E-state index contributed by atoms with van der Waals surface area (Å²) in [7, 11) is 1.49. The molecule has 0 atom stereocenters. The smallest absolute Gasteiger partial charge is 0.253 e. The minimum absolute atomic E-state index is 0.0440. The van der Waals surface area contributed by atoms with Gasteiger partial charge in [0.25, 0.3) is 11.5 Å². The molecule has 0 aliphatic heterocycles. The summed E-state index contributed by atoms with van der Waals surface area (Å²) in [5.74, 6) is -0.191. The SMILES string of the molecule is COCC(=O)N(Cc1cc2ccc(C)cc2[nH]c1=O)c1ccc(C)c(C)c1. The van der Waals surface area contributed by atoms with Crippen molar-refractivity contribution in [1.29, 1.82) is 0 Å². The number of nitrogens with one attached hydrogen (secondary N) is 1. The first kappa shape index (κ1) is 18.9. The van der Waals surface area contributed by atoms with Crippen molar-refractivity contribution in [2.24, 2.45) is 0 Å². The largest absolute Gasteiger partial charge is 0.375 e. The lowest BCUT2D eigenvalue weighted by Crippen LogP contribution is -2.35. The van der Waals surface area contributed by atoms with Crippen molar-refractivity contribution in [1.82, 2.24) is 4.98 Å². The number of fused-ring (bicyclic) bond motifs is 1. The lowest BCUT2D eigenvalue weighted by atomic mass is 10.1. The number of methoxy groups -OCH3 is 1. The average molecular weight is 364 g/mol. The molecule has 0 spiro atoms. The monoisotopic (exact) mass is 364 g/mol. The Bertz CT molecular complexity index is 1050. The summed E-state index contributed by atoms with van der Waals surface area (Å²) >= 11 is 0. The van der Waals surface area contributed by atoms with Gasteiger partial charge in [0.2, 0.25) is 0 Å². The molecule has 1 heterocycles. The molecule has 0 aliphatic carbocycles. The van der Waals surface area contributed by atoms with E-state index in [1.54, 1.807) is 4.90 Å². The molecule has 0 fully saturated rings. The van der Waals surface area contributed by atoms with Crippen LogP contribution in [0.1, 0.15) is 22.3 Å². The quantitative estimate of drug-likeness (QED) is 0.752. The number of anilines is 1. The molecular weight excluding hydrogens is 340 g/mol. The molecule has 0 saturated carbocycles. The Balaban J connectivity index is 2.03. The number of nitrogens with zero attached hydrogens (tertiary/aromatic N) is 1. The van der Waals surface area contributed by atoms with Crippen molar-refractivity contribution in [3.05, 3.63) is 75.1 Å². The number of amides is 1. The van der Waals surface area contributed by atoms with Gasteiger partial charge in [-0.25, -0.2) is 0 Å². The van der Waals surface area contributed by atoms with Crippen LogP contribution in [0.15, 0.2) is 47.3 Å². The molecule has 5 nitrogen and oxygen atoms in total. The number of carbonyl (C=O) groups is 1. The molecular formula is C22H24N2O3. The standard InChI is InChI=1S/C22H24N2O3/c1-14-5-7-17-11-18(22(26)23-20(17)9-14)12-24(21(25)13-27-4)19-8-6-15(2)16(3)10-19/h5-11H,12-13H2,1-4H3,(H,23,26). The third kappa shape index (κ3) is 4.09. The van der Waals surface area contributed by atoms with Crippen LogP contribution in [0.3, 0.4) is 0 Å². The molecule has 0 unspecified atom stereocenters. The molecule has 0 radical (unpaired) electrons. The highest BCUT2D eigenvalue weighted by Crippen LogP contribution is 2.22. The van der Waals surface area contributed by atoms with Gasteiger partial charge in [-0.05, 0) is 67.1 Å². The molecule has 1 aromatic heterocycles. The van der Waals surface area contributed by atoms with E-state index in [1.165, 1.54) is 7.11 Å². The van der Waals surface area contributed by atoms with Gasteiger partial charge in [-0.1, -0.05) is 18.2 Å². The molecule has 0 aliphatic rings. The Morgan fingerprint density at radius 1 is 1.04 bits per heavy atom. The molecule has 3 aromatic rings. The van der Waals surface area contributed by atoms with Gasteiger partial charge in [0, 0.05) is 23.9 Å². The van der Waals surface area contributed by atoms with Crippen molar-refractivity contribution in [2.75, 3.05) is 18.6 Å². The van der Waals surface area contributed by atoms with E-state index in [-0.39, 0.29) is 24.6 Å². The maximum Gasteiger partial charge on any atom is 0.253 e. The van der Waals surface area contributed by atoms with Crippen LogP contribution < -0.4 is 10.5 Å². The minimum atomic E-state index is -0.191. The zero-order valence-corrected chi connectivity index (χ0v) is 16.1. The third-order valence-electron chi connectivity index (χ3n) is 4.78. The fourth-order valence-corrected chi connectivity index (χ4v) is 3.07. The van der Waals surface area contributed by atoms with Crippen LogP contribution in [-0.2, 0) is 16.1 Å². The highest BCUT2D eigenvalue weighted by molar-refractivity contribution is 5.94. The summed E-state index contributed by atoms with van der Waals surface area (Å²) in [5, 5.41) is 0.939. The van der Waals surface area contributed by atoms with Gasteiger partial charge >= 0.3 is 0 Å². The molecule has 27 heavy (non-hydrogen) atoms.